The second-order valence-electron chi connectivity index (χ2n) is 6.88. The second kappa shape index (κ2) is 6.51. The number of hydrogen-bond acceptors (Lipinski definition) is 5. The molecule has 4 aromatic rings. The highest BCUT2D eigenvalue weighted by molar-refractivity contribution is 7.22. The number of fused-ring (bicyclic) bond motifs is 2. The van der Waals surface area contributed by atoms with Crippen LogP contribution in [0.2, 0.25) is 0 Å². The maximum absolute atomic E-state index is 14.6. The van der Waals surface area contributed by atoms with Crippen molar-refractivity contribution in [1.82, 2.24) is 20.2 Å². The molecule has 29 heavy (non-hydrogen) atoms. The number of pyridine rings is 1. The van der Waals surface area contributed by atoms with E-state index < -0.39 is 29.6 Å². The van der Waals surface area contributed by atoms with Crippen molar-refractivity contribution in [2.45, 2.75) is 25.9 Å². The standard InChI is InChI=1S/C19H14F3N5OS/c1-2-7-13(9-6-23-27-16(9)15(22)14(7)21)11-3-4-12-18(24-11)29-19(25-12)26-17(28)8-5-10(8)20/h3-4,6,8,10H,2,5H2,1H3,(H,23,27)(H,25,26,28)/t8-,10+/m1/s1. The van der Waals surface area contributed by atoms with Crippen molar-refractivity contribution in [3.63, 3.8) is 0 Å². The molecule has 6 nitrogen and oxygen atoms in total. The summed E-state index contributed by atoms with van der Waals surface area (Å²) in [6, 6.07) is 3.37. The van der Waals surface area contributed by atoms with Crippen LogP contribution in [0.25, 0.3) is 32.5 Å². The van der Waals surface area contributed by atoms with Gasteiger partial charge in [-0.05, 0) is 25.0 Å². The van der Waals surface area contributed by atoms with Gasteiger partial charge in [-0.1, -0.05) is 18.3 Å². The van der Waals surface area contributed by atoms with E-state index >= 15 is 0 Å². The number of hydrogen-bond donors (Lipinski definition) is 2. The quantitative estimate of drug-likeness (QED) is 0.516. The number of amides is 1. The van der Waals surface area contributed by atoms with Crippen LogP contribution in [-0.4, -0.2) is 32.2 Å². The van der Waals surface area contributed by atoms with Gasteiger partial charge in [0.1, 0.15) is 22.0 Å². The largest absolute Gasteiger partial charge is 0.302 e. The summed E-state index contributed by atoms with van der Waals surface area (Å²) in [5.41, 5.74) is 1.66. The molecule has 10 heteroatoms. The maximum atomic E-state index is 14.6. The Kier molecular flexibility index (Phi) is 4.05. The van der Waals surface area contributed by atoms with Gasteiger partial charge in [0.25, 0.3) is 0 Å². The van der Waals surface area contributed by atoms with E-state index in [1.54, 1.807) is 19.1 Å². The van der Waals surface area contributed by atoms with Crippen molar-refractivity contribution >= 4 is 43.6 Å². The summed E-state index contributed by atoms with van der Waals surface area (Å²) in [6.07, 6.45) is 0.858. The number of halogens is 3. The molecule has 2 atom stereocenters. The minimum Gasteiger partial charge on any atom is -0.302 e. The molecule has 0 aliphatic heterocycles. The molecule has 0 radical (unpaired) electrons. The van der Waals surface area contributed by atoms with Crippen molar-refractivity contribution in [3.05, 3.63) is 35.5 Å². The minimum absolute atomic E-state index is 0.0148. The maximum Gasteiger partial charge on any atom is 0.232 e. The van der Waals surface area contributed by atoms with Crippen LogP contribution in [0.1, 0.15) is 18.9 Å². The van der Waals surface area contributed by atoms with Crippen molar-refractivity contribution in [2.75, 3.05) is 5.32 Å². The van der Waals surface area contributed by atoms with Gasteiger partial charge in [-0.2, -0.15) is 5.10 Å². The number of aromatic amines is 1. The fraction of sp³-hybridized carbons (Fsp3) is 0.263. The number of alkyl halides is 1. The summed E-state index contributed by atoms with van der Waals surface area (Å²) in [6.45, 7) is 1.74. The Bertz CT molecular complexity index is 1280. The van der Waals surface area contributed by atoms with E-state index in [1.807, 2.05) is 0 Å². The van der Waals surface area contributed by atoms with Gasteiger partial charge in [0, 0.05) is 16.5 Å². The third-order valence-corrected chi connectivity index (χ3v) is 5.91. The van der Waals surface area contributed by atoms with Crippen molar-refractivity contribution in [1.29, 1.82) is 0 Å². The average molecular weight is 417 g/mol. The fourth-order valence-corrected chi connectivity index (χ4v) is 4.27. The third-order valence-electron chi connectivity index (χ3n) is 5.03. The molecule has 1 aliphatic rings. The highest BCUT2D eigenvalue weighted by Gasteiger charge is 2.43. The molecule has 1 aromatic carbocycles. The van der Waals surface area contributed by atoms with Gasteiger partial charge < -0.3 is 5.32 Å². The molecule has 0 bridgehead atoms. The Morgan fingerprint density at radius 1 is 1.31 bits per heavy atom. The van der Waals surface area contributed by atoms with Crippen LogP contribution in [0.4, 0.5) is 18.3 Å². The average Bonchev–Trinajstić information content (AvgIpc) is 3.09. The zero-order chi connectivity index (χ0) is 20.3. The van der Waals surface area contributed by atoms with Gasteiger partial charge in [0.2, 0.25) is 5.91 Å². The predicted octanol–water partition coefficient (Wildman–Crippen LogP) is 4.37. The molecule has 0 saturated heterocycles. The first-order chi connectivity index (χ1) is 14.0. The topological polar surface area (TPSA) is 83.6 Å². The number of carbonyl (C=O) groups is 1. The Hall–Kier alpha value is -3.01. The number of nitrogens with zero attached hydrogens (tertiary/aromatic N) is 3. The highest BCUT2D eigenvalue weighted by Crippen LogP contribution is 2.38. The molecule has 1 amide bonds. The molecule has 1 fully saturated rings. The van der Waals surface area contributed by atoms with Gasteiger partial charge in [-0.25, -0.2) is 23.1 Å². The molecule has 0 spiro atoms. The van der Waals surface area contributed by atoms with Crippen LogP contribution in [-0.2, 0) is 11.2 Å². The first kappa shape index (κ1) is 18.0. The summed E-state index contributed by atoms with van der Waals surface area (Å²) >= 11 is 1.14. The predicted molar refractivity (Wildman–Crippen MR) is 103 cm³/mol. The van der Waals surface area contributed by atoms with E-state index in [0.717, 1.165) is 11.3 Å². The molecule has 1 saturated carbocycles. The van der Waals surface area contributed by atoms with Crippen LogP contribution in [0.15, 0.2) is 18.3 Å². The van der Waals surface area contributed by atoms with Crippen molar-refractivity contribution in [3.8, 4) is 11.3 Å². The summed E-state index contributed by atoms with van der Waals surface area (Å²) in [5, 5.41) is 9.71. The number of rotatable bonds is 4. The van der Waals surface area contributed by atoms with E-state index in [2.05, 4.69) is 25.5 Å². The van der Waals surface area contributed by atoms with Gasteiger partial charge in [0.05, 0.1) is 17.8 Å². The second-order valence-corrected chi connectivity index (χ2v) is 7.86. The van der Waals surface area contributed by atoms with Crippen molar-refractivity contribution < 1.29 is 18.0 Å². The lowest BCUT2D eigenvalue weighted by molar-refractivity contribution is -0.117. The summed E-state index contributed by atoms with van der Waals surface area (Å²) in [5.74, 6) is -2.91. The Morgan fingerprint density at radius 2 is 2.10 bits per heavy atom. The van der Waals surface area contributed by atoms with E-state index in [4.69, 9.17) is 0 Å². The zero-order valence-corrected chi connectivity index (χ0v) is 15.9. The van der Waals surface area contributed by atoms with E-state index in [1.165, 1.54) is 6.20 Å². The summed E-state index contributed by atoms with van der Waals surface area (Å²) in [4.78, 5) is 21.3. The fourth-order valence-electron chi connectivity index (χ4n) is 3.43. The molecular weight excluding hydrogens is 403 g/mol. The van der Waals surface area contributed by atoms with Gasteiger partial charge in [-0.15, -0.1) is 0 Å². The van der Waals surface area contributed by atoms with Crippen LogP contribution >= 0.6 is 11.3 Å². The highest BCUT2D eigenvalue weighted by atomic mass is 32.1. The Morgan fingerprint density at radius 3 is 2.83 bits per heavy atom. The number of H-pyrrole nitrogens is 1. The first-order valence-corrected chi connectivity index (χ1v) is 9.85. The van der Waals surface area contributed by atoms with Crippen LogP contribution < -0.4 is 5.32 Å². The lowest BCUT2D eigenvalue weighted by Gasteiger charge is -2.11. The Balaban J connectivity index is 1.60. The molecule has 3 aromatic heterocycles. The number of carbonyl (C=O) groups excluding carboxylic acids is 1. The number of anilines is 1. The van der Waals surface area contributed by atoms with E-state index in [0.29, 0.717) is 32.1 Å². The van der Waals surface area contributed by atoms with E-state index in [9.17, 15) is 18.0 Å². The number of nitrogens with one attached hydrogen (secondary N) is 2. The molecule has 0 unspecified atom stereocenters. The third kappa shape index (κ3) is 2.86. The van der Waals surface area contributed by atoms with Crippen LogP contribution in [0.5, 0.6) is 0 Å². The van der Waals surface area contributed by atoms with Gasteiger partial charge in [-0.3, -0.25) is 9.89 Å². The minimum atomic E-state index is -1.09. The first-order valence-electron chi connectivity index (χ1n) is 9.03. The lowest BCUT2D eigenvalue weighted by Crippen LogP contribution is -2.14. The molecule has 5 rings (SSSR count). The molecule has 148 valence electrons. The Labute approximate surface area is 166 Å². The normalized spacial score (nSPS) is 18.5. The number of aromatic nitrogens is 4. The molecule has 1 aliphatic carbocycles. The number of thiazole rings is 1. The molecular formula is C19H14F3N5OS. The molecule has 2 N–H and O–H groups in total. The zero-order valence-electron chi connectivity index (χ0n) is 15.1. The monoisotopic (exact) mass is 417 g/mol. The lowest BCUT2D eigenvalue weighted by atomic mass is 9.97. The van der Waals surface area contributed by atoms with Gasteiger partial charge in [0.15, 0.2) is 16.8 Å². The summed E-state index contributed by atoms with van der Waals surface area (Å²) in [7, 11) is 0. The van der Waals surface area contributed by atoms with E-state index in [-0.39, 0.29) is 23.9 Å². The number of benzene rings is 1. The smallest absolute Gasteiger partial charge is 0.232 e. The van der Waals surface area contributed by atoms with Crippen LogP contribution in [0.3, 0.4) is 0 Å². The van der Waals surface area contributed by atoms with Crippen LogP contribution in [0, 0.1) is 17.6 Å². The SMILES string of the molecule is CCc1c(F)c(F)c2[nH]ncc2c1-c1ccc2nc(NC(=O)[C@@H]3C[C@@H]3F)sc2n1. The van der Waals surface area contributed by atoms with Gasteiger partial charge >= 0.3 is 0 Å². The van der Waals surface area contributed by atoms with Crippen molar-refractivity contribution in [2.24, 2.45) is 5.92 Å². The molecule has 3 heterocycles. The summed E-state index contributed by atoms with van der Waals surface area (Å²) < 4.78 is 42.0.